The Hall–Kier alpha value is -3.11. The topological polar surface area (TPSA) is 111 Å². The van der Waals surface area contributed by atoms with E-state index in [2.05, 4.69) is 20.5 Å². The maximum Gasteiger partial charge on any atom is 0.416 e. The van der Waals surface area contributed by atoms with Gasteiger partial charge in [-0.25, -0.2) is 9.78 Å². The van der Waals surface area contributed by atoms with Crippen LogP contribution >= 0.6 is 0 Å². The number of hydrogen-bond acceptors (Lipinski definition) is 6. The van der Waals surface area contributed by atoms with Crippen molar-refractivity contribution in [2.24, 2.45) is 0 Å². The minimum Gasteiger partial charge on any atom is -0.507 e. The Kier molecular flexibility index (Phi) is 6.43. The number of anilines is 1. The highest BCUT2D eigenvalue weighted by Crippen LogP contribution is 2.36. The third-order valence-corrected chi connectivity index (χ3v) is 4.37. The van der Waals surface area contributed by atoms with Crippen LogP contribution in [0.3, 0.4) is 0 Å². The van der Waals surface area contributed by atoms with Crippen molar-refractivity contribution in [3.63, 3.8) is 0 Å². The molecular weight excluding hydrogens is 403 g/mol. The average molecular weight is 427 g/mol. The van der Waals surface area contributed by atoms with E-state index < -0.39 is 35.2 Å². The molecule has 0 aliphatic rings. The van der Waals surface area contributed by atoms with Gasteiger partial charge in [0.15, 0.2) is 0 Å². The van der Waals surface area contributed by atoms with Crippen LogP contribution in [0.15, 0.2) is 18.2 Å². The van der Waals surface area contributed by atoms with Crippen molar-refractivity contribution in [2.75, 3.05) is 11.9 Å². The molecule has 2 rings (SSSR count). The van der Waals surface area contributed by atoms with Gasteiger partial charge >= 0.3 is 12.3 Å². The van der Waals surface area contributed by atoms with E-state index in [0.717, 1.165) is 12.1 Å². The molecule has 0 spiro atoms. The van der Waals surface area contributed by atoms with Gasteiger partial charge in [0, 0.05) is 17.6 Å². The minimum absolute atomic E-state index is 0.0743. The molecule has 0 aliphatic carbocycles. The molecule has 1 aromatic heterocycles. The molecule has 0 aliphatic heterocycles. The number of hydrogen-bond donors (Lipinski definition) is 3. The number of halogens is 3. The van der Waals surface area contributed by atoms with Crippen LogP contribution < -0.4 is 5.32 Å². The first-order valence-electron chi connectivity index (χ1n) is 9.10. The largest absolute Gasteiger partial charge is 0.507 e. The van der Waals surface area contributed by atoms with E-state index in [4.69, 9.17) is 0 Å². The molecule has 1 unspecified atom stereocenters. The lowest BCUT2D eigenvalue weighted by molar-refractivity contribution is -0.137. The fraction of sp³-hybridized carbons (Fsp3) is 0.474. The van der Waals surface area contributed by atoms with Crippen LogP contribution in [0.2, 0.25) is 0 Å². The molecule has 0 bridgehead atoms. The molecule has 0 saturated carbocycles. The molecule has 3 N–H and O–H groups in total. The van der Waals surface area contributed by atoms with Gasteiger partial charge in [-0.05, 0) is 52.8 Å². The van der Waals surface area contributed by atoms with Gasteiger partial charge < -0.3 is 15.5 Å². The van der Waals surface area contributed by atoms with Gasteiger partial charge in [0.1, 0.15) is 11.4 Å². The molecule has 11 heteroatoms. The number of amides is 1. The van der Waals surface area contributed by atoms with Crippen molar-refractivity contribution in [3.8, 4) is 17.0 Å². The van der Waals surface area contributed by atoms with Gasteiger partial charge in [-0.3, -0.25) is 4.90 Å². The van der Waals surface area contributed by atoms with Gasteiger partial charge in [0.2, 0.25) is 5.95 Å². The van der Waals surface area contributed by atoms with Gasteiger partial charge in [0.05, 0.1) is 17.3 Å². The first-order valence-corrected chi connectivity index (χ1v) is 9.10. The van der Waals surface area contributed by atoms with Gasteiger partial charge in [-0.15, -0.1) is 10.2 Å². The zero-order valence-electron chi connectivity index (χ0n) is 17.2. The molecule has 2 aromatic rings. The smallest absolute Gasteiger partial charge is 0.416 e. The number of rotatable bonds is 5. The second kappa shape index (κ2) is 8.33. The Morgan fingerprint density at radius 2 is 1.87 bits per heavy atom. The quantitative estimate of drug-likeness (QED) is 0.657. The molecule has 1 amide bonds. The second-order valence-electron chi connectivity index (χ2n) is 7.85. The molecule has 0 radical (unpaired) electrons. The van der Waals surface area contributed by atoms with E-state index in [9.17, 15) is 28.2 Å². The van der Waals surface area contributed by atoms with Crippen LogP contribution in [-0.2, 0) is 6.18 Å². The number of nitrogens with one attached hydrogen (secondary N) is 1. The van der Waals surface area contributed by atoms with Crippen LogP contribution in [0.5, 0.6) is 5.75 Å². The molecule has 30 heavy (non-hydrogen) atoms. The molecular formula is C19H24F3N5O3. The predicted octanol–water partition coefficient (Wildman–Crippen LogP) is 4.15. The molecule has 0 fully saturated rings. The summed E-state index contributed by atoms with van der Waals surface area (Å²) in [6, 6.07) is 2.18. The highest BCUT2D eigenvalue weighted by molar-refractivity contribution is 5.69. The van der Waals surface area contributed by atoms with Crippen molar-refractivity contribution in [2.45, 2.75) is 52.4 Å². The molecule has 8 nitrogen and oxygen atoms in total. The number of phenolic OH excluding ortho intramolecular Hbond substituents is 1. The zero-order valence-corrected chi connectivity index (χ0v) is 17.2. The SMILES string of the molecule is Cc1nc(NCC(C)N(C(=O)O)C(C)(C)C)nnc1-c1ccc(C(F)(F)F)cc1O. The molecule has 1 heterocycles. The van der Waals surface area contributed by atoms with E-state index in [1.165, 1.54) is 4.90 Å². The summed E-state index contributed by atoms with van der Waals surface area (Å²) in [5.74, 6) is -0.450. The highest BCUT2D eigenvalue weighted by Gasteiger charge is 2.32. The molecule has 164 valence electrons. The van der Waals surface area contributed by atoms with Crippen molar-refractivity contribution < 1.29 is 28.2 Å². The fourth-order valence-corrected chi connectivity index (χ4v) is 3.10. The standard InChI is InChI=1S/C19H24F3N5O3/c1-10(27(17(29)30)18(3,4)5)9-23-16-24-11(2)15(25-26-16)13-7-6-12(8-14(13)28)19(20,21)22/h6-8,10,28H,9H2,1-5H3,(H,29,30)(H,23,24,26). The van der Waals surface area contributed by atoms with Crippen LogP contribution in [0, 0.1) is 6.92 Å². The summed E-state index contributed by atoms with van der Waals surface area (Å²) in [5.41, 5.74) is -1.03. The number of nitrogens with zero attached hydrogens (tertiary/aromatic N) is 4. The highest BCUT2D eigenvalue weighted by atomic mass is 19.4. The van der Waals surface area contributed by atoms with Crippen molar-refractivity contribution in [3.05, 3.63) is 29.5 Å². The van der Waals surface area contributed by atoms with Crippen LogP contribution in [0.4, 0.5) is 23.9 Å². The number of benzene rings is 1. The maximum absolute atomic E-state index is 12.8. The number of phenols is 1. The number of aromatic hydroxyl groups is 1. The molecule has 0 saturated heterocycles. The Morgan fingerprint density at radius 3 is 2.33 bits per heavy atom. The second-order valence-corrected chi connectivity index (χ2v) is 7.85. The normalized spacial score (nSPS) is 13.1. The lowest BCUT2D eigenvalue weighted by atomic mass is 10.0. The average Bonchev–Trinajstić information content (AvgIpc) is 2.58. The summed E-state index contributed by atoms with van der Waals surface area (Å²) < 4.78 is 38.3. The number of carboxylic acid groups (broad SMARTS) is 1. The Labute approximate surface area is 171 Å². The van der Waals surface area contributed by atoms with Gasteiger partial charge in [-0.1, -0.05) is 0 Å². The van der Waals surface area contributed by atoms with Crippen LogP contribution in [-0.4, -0.2) is 54.5 Å². The summed E-state index contributed by atoms with van der Waals surface area (Å²) in [7, 11) is 0. The summed E-state index contributed by atoms with van der Waals surface area (Å²) in [5, 5.41) is 30.2. The Morgan fingerprint density at radius 1 is 1.23 bits per heavy atom. The van der Waals surface area contributed by atoms with E-state index in [1.807, 2.05) is 0 Å². The lowest BCUT2D eigenvalue weighted by Crippen LogP contribution is -2.52. The zero-order chi connectivity index (χ0) is 22.9. The molecule has 1 aromatic carbocycles. The van der Waals surface area contributed by atoms with E-state index in [0.29, 0.717) is 11.8 Å². The van der Waals surface area contributed by atoms with Crippen LogP contribution in [0.25, 0.3) is 11.3 Å². The number of aromatic nitrogens is 3. The van der Waals surface area contributed by atoms with Crippen molar-refractivity contribution >= 4 is 12.0 Å². The first-order chi connectivity index (χ1) is 13.7. The van der Waals surface area contributed by atoms with E-state index in [-0.39, 0.29) is 23.8 Å². The summed E-state index contributed by atoms with van der Waals surface area (Å²) >= 11 is 0. The fourth-order valence-electron chi connectivity index (χ4n) is 3.10. The number of alkyl halides is 3. The maximum atomic E-state index is 12.8. The summed E-state index contributed by atoms with van der Waals surface area (Å²) in [4.78, 5) is 17.0. The van der Waals surface area contributed by atoms with E-state index in [1.54, 1.807) is 34.6 Å². The Balaban J connectivity index is 2.19. The third kappa shape index (κ3) is 5.28. The van der Waals surface area contributed by atoms with Crippen LogP contribution in [0.1, 0.15) is 39.0 Å². The lowest BCUT2D eigenvalue weighted by Gasteiger charge is -2.38. The van der Waals surface area contributed by atoms with Crippen molar-refractivity contribution in [1.29, 1.82) is 0 Å². The number of carbonyl (C=O) groups is 1. The first kappa shape index (κ1) is 23.2. The minimum atomic E-state index is -4.57. The summed E-state index contributed by atoms with van der Waals surface area (Å²) in [6.07, 6.45) is -5.63. The predicted molar refractivity (Wildman–Crippen MR) is 104 cm³/mol. The summed E-state index contributed by atoms with van der Waals surface area (Å²) in [6.45, 7) is 8.88. The van der Waals surface area contributed by atoms with Gasteiger partial charge in [-0.2, -0.15) is 13.2 Å². The number of aryl methyl sites for hydroxylation is 1. The van der Waals surface area contributed by atoms with Crippen molar-refractivity contribution in [1.82, 2.24) is 20.1 Å². The van der Waals surface area contributed by atoms with Gasteiger partial charge in [0.25, 0.3) is 0 Å². The van der Waals surface area contributed by atoms with E-state index >= 15 is 0 Å². The third-order valence-electron chi connectivity index (χ3n) is 4.37. The monoisotopic (exact) mass is 427 g/mol. The molecule has 1 atom stereocenters. The Bertz CT molecular complexity index is 929.